The van der Waals surface area contributed by atoms with Crippen LogP contribution in [0.5, 0.6) is 11.5 Å². The number of alkyl halides is 3. The number of carbonyl (C=O) groups is 4. The lowest BCUT2D eigenvalue weighted by Gasteiger charge is -2.20. The Labute approximate surface area is 274 Å². The number of halogens is 5. The lowest BCUT2D eigenvalue weighted by Crippen LogP contribution is -2.39. The fourth-order valence-electron chi connectivity index (χ4n) is 3.94. The van der Waals surface area contributed by atoms with E-state index in [0.29, 0.717) is 14.3 Å². The molecule has 45 heavy (non-hydrogen) atoms. The molecule has 17 heteroatoms. The minimum atomic E-state index is -5.08. The molecule has 2 amide bonds. The van der Waals surface area contributed by atoms with Crippen molar-refractivity contribution in [3.8, 4) is 11.5 Å². The molecule has 0 fully saturated rings. The minimum absolute atomic E-state index is 0.112. The van der Waals surface area contributed by atoms with E-state index in [1.54, 1.807) is 19.1 Å². The smallest absolute Gasteiger partial charge is 0.490 e. The number of aliphatic carboxylic acids is 1. The van der Waals surface area contributed by atoms with E-state index < -0.39 is 42.5 Å². The van der Waals surface area contributed by atoms with Gasteiger partial charge in [0, 0.05) is 40.9 Å². The summed E-state index contributed by atoms with van der Waals surface area (Å²) < 4.78 is 37.2. The van der Waals surface area contributed by atoms with Gasteiger partial charge in [0.15, 0.2) is 0 Å². The average Bonchev–Trinajstić information content (AvgIpc) is 3.21. The maximum absolute atomic E-state index is 12.8. The number of hydrogen-bond donors (Lipinski definition) is 6. The highest BCUT2D eigenvalue weighted by molar-refractivity contribution is 14.1. The van der Waals surface area contributed by atoms with Gasteiger partial charge in [-0.2, -0.15) is 13.2 Å². The quantitative estimate of drug-likeness (QED) is 0.152. The normalized spacial score (nSPS) is 13.6. The van der Waals surface area contributed by atoms with Crippen LogP contribution in [0, 0.1) is 3.57 Å². The number of nitrogens with one attached hydrogen (secondary N) is 3. The van der Waals surface area contributed by atoms with Crippen molar-refractivity contribution in [3.05, 3.63) is 50.1 Å². The van der Waals surface area contributed by atoms with E-state index in [2.05, 4.69) is 20.9 Å². The van der Waals surface area contributed by atoms with Crippen LogP contribution in [0.2, 0.25) is 5.02 Å². The Hall–Kier alpha value is -3.80. The maximum Gasteiger partial charge on any atom is 0.490 e. The second-order valence-electron chi connectivity index (χ2n) is 9.47. The highest BCUT2D eigenvalue weighted by Crippen LogP contribution is 2.34. The molecular formula is C28H31ClF3IN4O8. The van der Waals surface area contributed by atoms with Gasteiger partial charge in [-0.15, -0.1) is 0 Å². The fraction of sp³-hybridized carbons (Fsp3) is 0.393. The molecule has 1 aliphatic rings. The van der Waals surface area contributed by atoms with Crippen LogP contribution in [-0.2, 0) is 19.1 Å². The number of amidine groups is 1. The van der Waals surface area contributed by atoms with Crippen LogP contribution < -0.4 is 16.0 Å². The number of amides is 2. The zero-order chi connectivity index (χ0) is 33.7. The van der Waals surface area contributed by atoms with Gasteiger partial charge >= 0.3 is 18.1 Å². The van der Waals surface area contributed by atoms with Crippen molar-refractivity contribution in [2.24, 2.45) is 4.99 Å². The second kappa shape index (κ2) is 17.6. The number of rotatable bonds is 9. The topological polar surface area (TPSA) is 187 Å². The number of carbonyl (C=O) groups excluding carboxylic acids is 3. The highest BCUT2D eigenvalue weighted by Gasteiger charge is 2.38. The summed E-state index contributed by atoms with van der Waals surface area (Å²) in [5, 5.41) is 36.4. The molecule has 0 spiro atoms. The summed E-state index contributed by atoms with van der Waals surface area (Å²) in [6.45, 7) is 2.13. The number of esters is 1. The van der Waals surface area contributed by atoms with Crippen LogP contribution in [0.3, 0.4) is 0 Å². The molecule has 2 aromatic carbocycles. The third kappa shape index (κ3) is 13.0. The number of anilines is 1. The van der Waals surface area contributed by atoms with Crippen molar-refractivity contribution in [1.82, 2.24) is 10.6 Å². The van der Waals surface area contributed by atoms with Crippen LogP contribution in [-0.4, -0.2) is 70.8 Å². The fourth-order valence-corrected chi connectivity index (χ4v) is 5.00. The van der Waals surface area contributed by atoms with Crippen molar-refractivity contribution in [1.29, 1.82) is 0 Å². The molecule has 0 aliphatic carbocycles. The summed E-state index contributed by atoms with van der Waals surface area (Å²) >= 11 is 8.03. The minimum Gasteiger partial charge on any atom is -0.508 e. The highest BCUT2D eigenvalue weighted by atomic mass is 127. The number of ether oxygens (including phenoxy) is 1. The molecule has 0 unspecified atom stereocenters. The van der Waals surface area contributed by atoms with Gasteiger partial charge in [0.25, 0.3) is 5.91 Å². The van der Waals surface area contributed by atoms with Crippen LogP contribution >= 0.6 is 34.2 Å². The largest absolute Gasteiger partial charge is 0.508 e. The third-order valence-electron chi connectivity index (χ3n) is 5.94. The van der Waals surface area contributed by atoms with Crippen LogP contribution in [0.25, 0.3) is 0 Å². The van der Waals surface area contributed by atoms with Crippen molar-refractivity contribution >= 4 is 69.5 Å². The molecule has 3 rings (SSSR count). The Balaban J connectivity index is 0.000000900. The van der Waals surface area contributed by atoms with Gasteiger partial charge in [-0.3, -0.25) is 19.4 Å². The molecule has 2 aromatic rings. The van der Waals surface area contributed by atoms with E-state index in [9.17, 15) is 37.8 Å². The number of phenols is 2. The van der Waals surface area contributed by atoms with Crippen molar-refractivity contribution in [3.63, 3.8) is 0 Å². The third-order valence-corrected chi connectivity index (χ3v) is 6.98. The number of carboxylic acid groups (broad SMARTS) is 1. The summed E-state index contributed by atoms with van der Waals surface area (Å²) in [5.74, 6) is -3.95. The molecule has 0 bridgehead atoms. The first kappa shape index (κ1) is 37.4. The summed E-state index contributed by atoms with van der Waals surface area (Å²) in [6, 6.07) is 6.42. The summed E-state index contributed by atoms with van der Waals surface area (Å²) in [4.78, 5) is 51.1. The molecule has 12 nitrogen and oxygen atoms in total. The number of benzene rings is 2. The number of aliphatic imine (C=N–C) groups is 1. The summed E-state index contributed by atoms with van der Waals surface area (Å²) in [5.41, 5.74) is 0.917. The van der Waals surface area contributed by atoms with Gasteiger partial charge < -0.3 is 36.0 Å². The van der Waals surface area contributed by atoms with Crippen molar-refractivity contribution in [2.45, 2.75) is 51.2 Å². The van der Waals surface area contributed by atoms with Gasteiger partial charge in [0.05, 0.1) is 29.2 Å². The predicted octanol–water partition coefficient (Wildman–Crippen LogP) is 4.91. The van der Waals surface area contributed by atoms with E-state index in [4.69, 9.17) is 26.2 Å². The molecular weight excluding hydrogens is 740 g/mol. The Morgan fingerprint density at radius 3 is 2.42 bits per heavy atom. The number of phenolic OH excluding ortho intramolecular Hbond substituents is 2. The number of aromatic hydroxyl groups is 2. The maximum atomic E-state index is 12.8. The van der Waals surface area contributed by atoms with Crippen molar-refractivity contribution < 1.29 is 52.4 Å². The first-order valence-corrected chi connectivity index (χ1v) is 14.9. The van der Waals surface area contributed by atoms with Gasteiger partial charge in [0.1, 0.15) is 17.3 Å². The Kier molecular flexibility index (Phi) is 14.6. The van der Waals surface area contributed by atoms with Crippen LogP contribution in [0.4, 0.5) is 18.9 Å². The van der Waals surface area contributed by atoms with E-state index >= 15 is 0 Å². The van der Waals surface area contributed by atoms with Gasteiger partial charge in [-0.1, -0.05) is 18.0 Å². The lowest BCUT2D eigenvalue weighted by molar-refractivity contribution is -0.192. The number of hydrogen-bond acceptors (Lipinski definition) is 9. The van der Waals surface area contributed by atoms with Gasteiger partial charge in [0.2, 0.25) is 5.91 Å². The summed E-state index contributed by atoms with van der Waals surface area (Å²) in [7, 11) is 0. The molecule has 1 aliphatic heterocycles. The molecule has 246 valence electrons. The standard InChI is InChI=1S/C26H30ClIN4O6.C2HF3O2/c1-2-38-24(35)13-21(19-10-16(27)11-20(28)25(19)36)32-23(34)14-30-26(37)15-8-17(12-18(33)9-15)31-22-6-4-3-5-7-29-22;3-2(4,5)1(6)7/h8-12,21,33,36H,2-7,13-14H2,1H3,(H,29,31)(H,30,37)(H,32,34);(H,6,7)/t21-;/m1./s1. The molecule has 0 saturated carbocycles. The zero-order valence-corrected chi connectivity index (χ0v) is 26.8. The number of carboxylic acids is 1. The summed E-state index contributed by atoms with van der Waals surface area (Å²) in [6.07, 6.45) is -1.41. The Morgan fingerprint density at radius 2 is 1.78 bits per heavy atom. The van der Waals surface area contributed by atoms with E-state index in [1.807, 2.05) is 22.6 Å². The Bertz CT molecular complexity index is 1420. The lowest BCUT2D eigenvalue weighted by atomic mass is 10.0. The van der Waals surface area contributed by atoms with Gasteiger partial charge in [-0.25, -0.2) is 4.79 Å². The van der Waals surface area contributed by atoms with E-state index in [0.717, 1.165) is 38.1 Å². The molecule has 1 heterocycles. The van der Waals surface area contributed by atoms with Crippen LogP contribution in [0.1, 0.15) is 61.0 Å². The second-order valence-corrected chi connectivity index (χ2v) is 11.1. The predicted molar refractivity (Wildman–Crippen MR) is 166 cm³/mol. The SMILES string of the molecule is CCOC(=O)C[C@@H](NC(=O)CNC(=O)c1cc(O)cc(NC2=NCCCCC2)c1)c1cc(Cl)cc(I)c1O.O=C(O)C(F)(F)F. The zero-order valence-electron chi connectivity index (χ0n) is 23.8. The first-order valence-electron chi connectivity index (χ1n) is 13.5. The van der Waals surface area contributed by atoms with Crippen LogP contribution in [0.15, 0.2) is 35.3 Å². The first-order chi connectivity index (χ1) is 21.1. The molecule has 6 N–H and O–H groups in total. The molecule has 0 saturated heterocycles. The molecule has 0 aromatic heterocycles. The van der Waals surface area contributed by atoms with E-state index in [-0.39, 0.29) is 35.7 Å². The number of nitrogens with zero attached hydrogens (tertiary/aromatic N) is 1. The van der Waals surface area contributed by atoms with E-state index in [1.165, 1.54) is 18.2 Å². The van der Waals surface area contributed by atoms with Gasteiger partial charge in [-0.05, 0) is 66.6 Å². The average molecular weight is 771 g/mol. The molecule has 0 radical (unpaired) electrons. The Morgan fingerprint density at radius 1 is 1.09 bits per heavy atom. The monoisotopic (exact) mass is 770 g/mol. The van der Waals surface area contributed by atoms with Crippen molar-refractivity contribution in [2.75, 3.05) is 25.0 Å². The molecule has 1 atom stereocenters.